The molecule has 0 spiro atoms. The number of aromatic carboxylic acids is 1. The number of carbonyl (C=O) groups excluding carboxylic acids is 1. The van der Waals surface area contributed by atoms with Crippen molar-refractivity contribution in [1.82, 2.24) is 4.98 Å². The van der Waals surface area contributed by atoms with Gasteiger partial charge in [0.05, 0.1) is 5.52 Å². The lowest BCUT2D eigenvalue weighted by Crippen LogP contribution is -2.21. The number of carbonyl (C=O) groups is 2. The third-order valence-electron chi connectivity index (χ3n) is 3.80. The van der Waals surface area contributed by atoms with Gasteiger partial charge in [0, 0.05) is 17.1 Å². The molecular weight excluding hydrogens is 338 g/mol. The van der Waals surface area contributed by atoms with Crippen LogP contribution < -0.4 is 20.1 Å². The van der Waals surface area contributed by atoms with E-state index in [0.717, 1.165) is 0 Å². The molecule has 1 aromatic heterocycles. The van der Waals surface area contributed by atoms with E-state index in [0.29, 0.717) is 28.1 Å². The summed E-state index contributed by atoms with van der Waals surface area (Å²) in [7, 11) is 0. The zero-order valence-corrected chi connectivity index (χ0v) is 13.4. The largest absolute Gasteiger partial charge is 0.478 e. The van der Waals surface area contributed by atoms with Crippen molar-refractivity contribution in [3.63, 3.8) is 0 Å². The van der Waals surface area contributed by atoms with Gasteiger partial charge in [0.25, 0.3) is 0 Å². The summed E-state index contributed by atoms with van der Waals surface area (Å²) in [6.07, 6.45) is 0. The van der Waals surface area contributed by atoms with E-state index in [1.54, 1.807) is 36.4 Å². The number of carboxylic acid groups (broad SMARTS) is 1. The first-order valence-corrected chi connectivity index (χ1v) is 7.71. The standard InChI is InChI=1S/C18H13N3O5/c22-17(23)12-6-10-7-14-15(26-9-25-14)8-13(10)20-16(12)21-18(24)19-11-4-2-1-3-5-11/h1-8H,9H2,(H,22,23)(H2,19,20,21,24). The lowest BCUT2D eigenvalue weighted by Gasteiger charge is -2.11. The number of carboxylic acids is 1. The van der Waals surface area contributed by atoms with Crippen LogP contribution in [0.15, 0.2) is 48.5 Å². The summed E-state index contributed by atoms with van der Waals surface area (Å²) < 4.78 is 10.6. The van der Waals surface area contributed by atoms with E-state index in [-0.39, 0.29) is 18.2 Å². The number of hydrogen-bond donors (Lipinski definition) is 3. The van der Waals surface area contributed by atoms with Crippen molar-refractivity contribution in [3.8, 4) is 11.5 Å². The van der Waals surface area contributed by atoms with Gasteiger partial charge >= 0.3 is 12.0 Å². The summed E-state index contributed by atoms with van der Waals surface area (Å²) in [5.41, 5.74) is 0.930. The number of hydrogen-bond acceptors (Lipinski definition) is 5. The van der Waals surface area contributed by atoms with Crippen LogP contribution in [0.1, 0.15) is 10.4 Å². The second-order valence-corrected chi connectivity index (χ2v) is 5.53. The molecule has 0 saturated carbocycles. The number of para-hydroxylation sites is 1. The number of benzene rings is 2. The van der Waals surface area contributed by atoms with Gasteiger partial charge < -0.3 is 19.9 Å². The second kappa shape index (κ2) is 6.25. The van der Waals surface area contributed by atoms with Crippen molar-refractivity contribution in [2.75, 3.05) is 17.4 Å². The average Bonchev–Trinajstić information content (AvgIpc) is 3.07. The maximum Gasteiger partial charge on any atom is 0.339 e. The highest BCUT2D eigenvalue weighted by molar-refractivity contribution is 6.05. The number of nitrogens with one attached hydrogen (secondary N) is 2. The zero-order chi connectivity index (χ0) is 18.1. The van der Waals surface area contributed by atoms with Crippen LogP contribution in [0.25, 0.3) is 10.9 Å². The highest BCUT2D eigenvalue weighted by atomic mass is 16.7. The predicted molar refractivity (Wildman–Crippen MR) is 93.9 cm³/mol. The highest BCUT2D eigenvalue weighted by Crippen LogP contribution is 2.36. The molecule has 1 aliphatic heterocycles. The summed E-state index contributed by atoms with van der Waals surface area (Å²) in [5.74, 6) is -0.213. The lowest BCUT2D eigenvalue weighted by atomic mass is 10.1. The Hall–Kier alpha value is -3.81. The number of amides is 2. The monoisotopic (exact) mass is 351 g/mol. The molecular formula is C18H13N3O5. The fourth-order valence-corrected chi connectivity index (χ4v) is 2.61. The van der Waals surface area contributed by atoms with Crippen molar-refractivity contribution >= 4 is 34.4 Å². The minimum atomic E-state index is -1.20. The summed E-state index contributed by atoms with van der Waals surface area (Å²) in [6.45, 7) is 0.0992. The Morgan fingerprint density at radius 2 is 1.73 bits per heavy atom. The molecule has 8 nitrogen and oxygen atoms in total. The third kappa shape index (κ3) is 2.95. The number of rotatable bonds is 3. The van der Waals surface area contributed by atoms with E-state index in [2.05, 4.69) is 15.6 Å². The highest BCUT2D eigenvalue weighted by Gasteiger charge is 2.19. The minimum Gasteiger partial charge on any atom is -0.478 e. The second-order valence-electron chi connectivity index (χ2n) is 5.53. The maximum absolute atomic E-state index is 12.2. The van der Waals surface area contributed by atoms with E-state index >= 15 is 0 Å². The molecule has 130 valence electrons. The van der Waals surface area contributed by atoms with Gasteiger partial charge in [0.15, 0.2) is 11.5 Å². The topological polar surface area (TPSA) is 110 Å². The summed E-state index contributed by atoms with van der Waals surface area (Å²) >= 11 is 0. The van der Waals surface area contributed by atoms with Crippen LogP contribution in [-0.2, 0) is 0 Å². The minimum absolute atomic E-state index is 0.0581. The molecule has 8 heteroatoms. The lowest BCUT2D eigenvalue weighted by molar-refractivity contribution is 0.0698. The van der Waals surface area contributed by atoms with Gasteiger partial charge in [-0.15, -0.1) is 0 Å². The summed E-state index contributed by atoms with van der Waals surface area (Å²) in [5, 5.41) is 15.1. The number of fused-ring (bicyclic) bond motifs is 2. The Labute approximate surface area is 147 Å². The van der Waals surface area contributed by atoms with Crippen molar-refractivity contribution in [3.05, 3.63) is 54.1 Å². The molecule has 2 aromatic carbocycles. The van der Waals surface area contributed by atoms with E-state index in [1.807, 2.05) is 6.07 Å². The smallest absolute Gasteiger partial charge is 0.339 e. The van der Waals surface area contributed by atoms with Crippen molar-refractivity contribution in [2.45, 2.75) is 0 Å². The molecule has 0 fully saturated rings. The molecule has 2 amide bonds. The quantitative estimate of drug-likeness (QED) is 0.668. The molecule has 0 unspecified atom stereocenters. The van der Waals surface area contributed by atoms with Gasteiger partial charge in [-0.1, -0.05) is 18.2 Å². The first-order valence-electron chi connectivity index (χ1n) is 7.71. The van der Waals surface area contributed by atoms with Crippen molar-refractivity contribution in [1.29, 1.82) is 0 Å². The molecule has 3 N–H and O–H groups in total. The molecule has 0 saturated heterocycles. The van der Waals surface area contributed by atoms with Crippen molar-refractivity contribution < 1.29 is 24.2 Å². The fourth-order valence-electron chi connectivity index (χ4n) is 2.61. The number of ether oxygens (including phenoxy) is 2. The summed E-state index contributed by atoms with van der Waals surface area (Å²) in [4.78, 5) is 28.0. The average molecular weight is 351 g/mol. The SMILES string of the molecule is O=C(Nc1ccccc1)Nc1nc2cc3c(cc2cc1C(=O)O)OCO3. The van der Waals surface area contributed by atoms with Crippen LogP contribution >= 0.6 is 0 Å². The molecule has 3 aromatic rings. The Morgan fingerprint density at radius 3 is 2.46 bits per heavy atom. The first-order chi connectivity index (χ1) is 12.6. The van der Waals surface area contributed by atoms with E-state index in [4.69, 9.17) is 9.47 Å². The van der Waals surface area contributed by atoms with Crippen LogP contribution in [0.3, 0.4) is 0 Å². The zero-order valence-electron chi connectivity index (χ0n) is 13.4. The van der Waals surface area contributed by atoms with Gasteiger partial charge in [0.1, 0.15) is 11.4 Å². The first kappa shape index (κ1) is 15.7. The summed E-state index contributed by atoms with van der Waals surface area (Å²) in [6, 6.07) is 12.9. The molecule has 26 heavy (non-hydrogen) atoms. The van der Waals surface area contributed by atoms with Gasteiger partial charge in [-0.2, -0.15) is 0 Å². The van der Waals surface area contributed by atoms with Crippen LogP contribution in [0.2, 0.25) is 0 Å². The van der Waals surface area contributed by atoms with Gasteiger partial charge in [-0.05, 0) is 24.3 Å². The number of urea groups is 1. The Morgan fingerprint density at radius 1 is 1.00 bits per heavy atom. The van der Waals surface area contributed by atoms with E-state index in [1.165, 1.54) is 6.07 Å². The van der Waals surface area contributed by atoms with Gasteiger partial charge in [-0.3, -0.25) is 5.32 Å². The van der Waals surface area contributed by atoms with Crippen LogP contribution in [0.4, 0.5) is 16.3 Å². The van der Waals surface area contributed by atoms with Gasteiger partial charge in [0.2, 0.25) is 6.79 Å². The van der Waals surface area contributed by atoms with E-state index in [9.17, 15) is 14.7 Å². The molecule has 1 aliphatic rings. The number of anilines is 2. The number of pyridine rings is 1. The van der Waals surface area contributed by atoms with Crippen molar-refractivity contribution in [2.24, 2.45) is 0 Å². The number of aromatic nitrogens is 1. The van der Waals surface area contributed by atoms with Crippen LogP contribution in [0.5, 0.6) is 11.5 Å². The number of nitrogens with zero attached hydrogens (tertiary/aromatic N) is 1. The molecule has 0 atom stereocenters. The molecule has 0 radical (unpaired) electrons. The third-order valence-corrected chi connectivity index (χ3v) is 3.80. The fraction of sp³-hybridized carbons (Fsp3) is 0.0556. The predicted octanol–water partition coefficient (Wildman–Crippen LogP) is 3.31. The van der Waals surface area contributed by atoms with Crippen LogP contribution in [0, 0.1) is 0 Å². The molecule has 2 heterocycles. The molecule has 4 rings (SSSR count). The Kier molecular flexibility index (Phi) is 3.77. The van der Waals surface area contributed by atoms with E-state index < -0.39 is 12.0 Å². The van der Waals surface area contributed by atoms with Gasteiger partial charge in [-0.25, -0.2) is 14.6 Å². The molecule has 0 aliphatic carbocycles. The maximum atomic E-state index is 12.2. The molecule has 0 bridgehead atoms. The Bertz CT molecular complexity index is 1020. The van der Waals surface area contributed by atoms with Crippen LogP contribution in [-0.4, -0.2) is 28.9 Å². The normalized spacial score (nSPS) is 12.0. The Balaban J connectivity index is 1.68.